The highest BCUT2D eigenvalue weighted by molar-refractivity contribution is 5.95. The normalized spacial score (nSPS) is 20.4. The summed E-state index contributed by atoms with van der Waals surface area (Å²) >= 11 is 0. The number of aliphatic hydroxyl groups is 1. The first-order chi connectivity index (χ1) is 8.08. The predicted octanol–water partition coefficient (Wildman–Crippen LogP) is 1.00. The number of carbonyl (C=O) groups excluding carboxylic acids is 1. The molecule has 1 amide bonds. The minimum atomic E-state index is -0.579. The first-order valence-corrected chi connectivity index (χ1v) is 5.60. The summed E-state index contributed by atoms with van der Waals surface area (Å²) < 4.78 is 13.5. The maximum absolute atomic E-state index is 13.5. The maximum atomic E-state index is 13.5. The molecule has 0 spiro atoms. The SMILES string of the molecule is Nc1ccc(F)c(C(=O)N2CCC[C@H](O)C2)c1. The highest BCUT2D eigenvalue weighted by atomic mass is 19.1. The smallest absolute Gasteiger partial charge is 0.256 e. The van der Waals surface area contributed by atoms with E-state index in [2.05, 4.69) is 0 Å². The van der Waals surface area contributed by atoms with Crippen LogP contribution in [0.15, 0.2) is 18.2 Å². The van der Waals surface area contributed by atoms with Crippen LogP contribution in [-0.2, 0) is 0 Å². The van der Waals surface area contributed by atoms with Gasteiger partial charge in [-0.15, -0.1) is 0 Å². The van der Waals surface area contributed by atoms with E-state index in [4.69, 9.17) is 5.73 Å². The number of nitrogens with two attached hydrogens (primary N) is 1. The van der Waals surface area contributed by atoms with E-state index in [0.29, 0.717) is 18.7 Å². The van der Waals surface area contributed by atoms with E-state index in [1.54, 1.807) is 0 Å². The molecule has 0 aliphatic carbocycles. The molecule has 1 aliphatic rings. The van der Waals surface area contributed by atoms with Crippen molar-refractivity contribution in [2.45, 2.75) is 18.9 Å². The van der Waals surface area contributed by atoms with Gasteiger partial charge in [0.15, 0.2) is 0 Å². The lowest BCUT2D eigenvalue weighted by Gasteiger charge is -2.30. The highest BCUT2D eigenvalue weighted by Crippen LogP contribution is 2.17. The Morgan fingerprint density at radius 3 is 3.00 bits per heavy atom. The van der Waals surface area contributed by atoms with E-state index in [1.807, 2.05) is 0 Å². The van der Waals surface area contributed by atoms with Crippen LogP contribution >= 0.6 is 0 Å². The number of benzene rings is 1. The number of hydrogen-bond acceptors (Lipinski definition) is 3. The van der Waals surface area contributed by atoms with Gasteiger partial charge in [0.05, 0.1) is 11.7 Å². The average Bonchev–Trinajstić information content (AvgIpc) is 2.31. The molecule has 1 aromatic carbocycles. The molecule has 0 saturated carbocycles. The van der Waals surface area contributed by atoms with E-state index in [9.17, 15) is 14.3 Å². The van der Waals surface area contributed by atoms with Crippen LogP contribution in [-0.4, -0.2) is 35.1 Å². The molecular weight excluding hydrogens is 223 g/mol. The van der Waals surface area contributed by atoms with E-state index in [1.165, 1.54) is 23.1 Å². The van der Waals surface area contributed by atoms with E-state index in [-0.39, 0.29) is 12.1 Å². The summed E-state index contributed by atoms with van der Waals surface area (Å²) in [6.07, 6.45) is 0.900. The molecule has 92 valence electrons. The van der Waals surface area contributed by atoms with Crippen molar-refractivity contribution in [3.8, 4) is 0 Å². The first-order valence-electron chi connectivity index (χ1n) is 5.60. The van der Waals surface area contributed by atoms with Crippen LogP contribution in [0.5, 0.6) is 0 Å². The van der Waals surface area contributed by atoms with Crippen molar-refractivity contribution in [3.63, 3.8) is 0 Å². The van der Waals surface area contributed by atoms with E-state index < -0.39 is 17.8 Å². The Morgan fingerprint density at radius 1 is 1.53 bits per heavy atom. The summed E-state index contributed by atoms with van der Waals surface area (Å²) in [5, 5.41) is 9.49. The zero-order chi connectivity index (χ0) is 12.4. The molecule has 0 bridgehead atoms. The standard InChI is InChI=1S/C12H15FN2O2/c13-11-4-3-8(14)6-10(11)12(17)15-5-1-2-9(16)7-15/h3-4,6,9,16H,1-2,5,7,14H2/t9-/m0/s1. The fraction of sp³-hybridized carbons (Fsp3) is 0.417. The summed E-state index contributed by atoms with van der Waals surface area (Å²) in [7, 11) is 0. The molecule has 3 N–H and O–H groups in total. The Labute approximate surface area is 98.8 Å². The van der Waals surface area contributed by atoms with Crippen molar-refractivity contribution in [3.05, 3.63) is 29.6 Å². The van der Waals surface area contributed by atoms with Gasteiger partial charge in [0.25, 0.3) is 5.91 Å². The lowest BCUT2D eigenvalue weighted by Crippen LogP contribution is -2.42. The summed E-state index contributed by atoms with van der Waals surface area (Å²) in [6.45, 7) is 0.803. The molecule has 1 aromatic rings. The second kappa shape index (κ2) is 4.71. The Bertz CT molecular complexity index is 437. The number of β-amino-alcohol motifs (C(OH)–C–C–N with tert-alkyl or cyclic N) is 1. The molecule has 1 atom stereocenters. The fourth-order valence-corrected chi connectivity index (χ4v) is 2.02. The number of likely N-dealkylation sites (tertiary alicyclic amines) is 1. The third-order valence-corrected chi connectivity index (χ3v) is 2.90. The van der Waals surface area contributed by atoms with Gasteiger partial charge in [0.2, 0.25) is 0 Å². The molecular formula is C12H15FN2O2. The second-order valence-electron chi connectivity index (χ2n) is 4.29. The number of aliphatic hydroxyl groups excluding tert-OH is 1. The molecule has 2 rings (SSSR count). The molecule has 1 heterocycles. The Morgan fingerprint density at radius 2 is 2.29 bits per heavy atom. The Hall–Kier alpha value is -1.62. The Kier molecular flexibility index (Phi) is 3.28. The molecule has 0 aromatic heterocycles. The number of nitrogens with zero attached hydrogens (tertiary/aromatic N) is 1. The van der Waals surface area contributed by atoms with Gasteiger partial charge in [-0.3, -0.25) is 4.79 Å². The molecule has 1 saturated heterocycles. The molecule has 17 heavy (non-hydrogen) atoms. The summed E-state index contributed by atoms with van der Waals surface area (Å²) in [4.78, 5) is 13.5. The third-order valence-electron chi connectivity index (χ3n) is 2.90. The summed E-state index contributed by atoms with van der Waals surface area (Å²) in [5.41, 5.74) is 5.86. The maximum Gasteiger partial charge on any atom is 0.256 e. The number of carbonyl (C=O) groups is 1. The zero-order valence-corrected chi connectivity index (χ0v) is 9.40. The Balaban J connectivity index is 2.21. The van der Waals surface area contributed by atoms with Gasteiger partial charge in [0.1, 0.15) is 5.82 Å². The number of piperidine rings is 1. The quantitative estimate of drug-likeness (QED) is 0.717. The number of nitrogen functional groups attached to an aromatic ring is 1. The van der Waals surface area contributed by atoms with Crippen LogP contribution in [0.3, 0.4) is 0 Å². The topological polar surface area (TPSA) is 66.6 Å². The van der Waals surface area contributed by atoms with Crippen molar-refractivity contribution in [2.75, 3.05) is 18.8 Å². The van der Waals surface area contributed by atoms with Gasteiger partial charge in [-0.2, -0.15) is 0 Å². The number of amides is 1. The van der Waals surface area contributed by atoms with Crippen LogP contribution in [0.25, 0.3) is 0 Å². The number of rotatable bonds is 1. The van der Waals surface area contributed by atoms with Crippen LogP contribution in [0, 0.1) is 5.82 Å². The largest absolute Gasteiger partial charge is 0.399 e. The zero-order valence-electron chi connectivity index (χ0n) is 9.40. The van der Waals surface area contributed by atoms with Gasteiger partial charge in [-0.25, -0.2) is 4.39 Å². The molecule has 1 fully saturated rings. The van der Waals surface area contributed by atoms with Crippen molar-refractivity contribution in [2.24, 2.45) is 0 Å². The first kappa shape index (κ1) is 11.9. The predicted molar refractivity (Wildman–Crippen MR) is 62.0 cm³/mol. The van der Waals surface area contributed by atoms with Crippen molar-refractivity contribution in [1.29, 1.82) is 0 Å². The van der Waals surface area contributed by atoms with E-state index in [0.717, 1.165) is 6.42 Å². The van der Waals surface area contributed by atoms with Gasteiger partial charge in [-0.05, 0) is 31.0 Å². The third kappa shape index (κ3) is 2.55. The minimum Gasteiger partial charge on any atom is -0.399 e. The number of anilines is 1. The molecule has 1 aliphatic heterocycles. The van der Waals surface area contributed by atoms with Crippen LogP contribution in [0.4, 0.5) is 10.1 Å². The lowest BCUT2D eigenvalue weighted by atomic mass is 10.1. The molecule has 5 heteroatoms. The average molecular weight is 238 g/mol. The molecule has 4 nitrogen and oxygen atoms in total. The number of halogens is 1. The monoisotopic (exact) mass is 238 g/mol. The van der Waals surface area contributed by atoms with Crippen molar-refractivity contribution in [1.82, 2.24) is 4.90 Å². The molecule has 0 unspecified atom stereocenters. The summed E-state index contributed by atoms with van der Waals surface area (Å²) in [5.74, 6) is -0.988. The molecule has 0 radical (unpaired) electrons. The van der Waals surface area contributed by atoms with Gasteiger partial charge >= 0.3 is 0 Å². The van der Waals surface area contributed by atoms with Crippen LogP contribution in [0.2, 0.25) is 0 Å². The van der Waals surface area contributed by atoms with Crippen LogP contribution < -0.4 is 5.73 Å². The van der Waals surface area contributed by atoms with Gasteiger partial charge in [0, 0.05) is 18.8 Å². The second-order valence-corrected chi connectivity index (χ2v) is 4.29. The van der Waals surface area contributed by atoms with Crippen molar-refractivity contribution >= 4 is 11.6 Å². The lowest BCUT2D eigenvalue weighted by molar-refractivity contribution is 0.0470. The van der Waals surface area contributed by atoms with Gasteiger partial charge < -0.3 is 15.7 Å². The van der Waals surface area contributed by atoms with E-state index >= 15 is 0 Å². The van der Waals surface area contributed by atoms with Gasteiger partial charge in [-0.1, -0.05) is 0 Å². The van der Waals surface area contributed by atoms with Crippen molar-refractivity contribution < 1.29 is 14.3 Å². The summed E-state index contributed by atoms with van der Waals surface area (Å²) in [6, 6.07) is 3.93. The van der Waals surface area contributed by atoms with Crippen LogP contribution in [0.1, 0.15) is 23.2 Å². The minimum absolute atomic E-state index is 0.0286. The number of hydrogen-bond donors (Lipinski definition) is 2. The highest BCUT2D eigenvalue weighted by Gasteiger charge is 2.24. The fourth-order valence-electron chi connectivity index (χ4n) is 2.02.